The topological polar surface area (TPSA) is 33.7 Å². The van der Waals surface area contributed by atoms with E-state index in [-0.39, 0.29) is 0 Å². The van der Waals surface area contributed by atoms with Gasteiger partial charge in [-0.15, -0.1) is 0 Å². The molecule has 0 aliphatic carbocycles. The van der Waals surface area contributed by atoms with Crippen LogP contribution in [0.15, 0.2) is 12.1 Å². The number of hydrogen-bond acceptors (Lipinski definition) is 4. The van der Waals surface area contributed by atoms with Crippen molar-refractivity contribution in [3.63, 3.8) is 0 Å². The lowest BCUT2D eigenvalue weighted by molar-refractivity contribution is 0.173. The Morgan fingerprint density at radius 1 is 1.00 bits per heavy atom. The van der Waals surface area contributed by atoms with Crippen molar-refractivity contribution in [2.75, 3.05) is 26.4 Å². The van der Waals surface area contributed by atoms with Crippen LogP contribution >= 0.6 is 0 Å². The van der Waals surface area contributed by atoms with E-state index in [0.717, 1.165) is 24.6 Å². The molecule has 1 fully saturated rings. The molecule has 4 rings (SSSR count). The molecular weight excluding hydrogens is 252 g/mol. The van der Waals surface area contributed by atoms with Crippen molar-refractivity contribution in [2.24, 2.45) is 0 Å². The molecule has 0 spiro atoms. The normalized spacial score (nSPS) is 26.1. The quantitative estimate of drug-likeness (QED) is 0.853. The number of ether oxygens (including phenoxy) is 2. The number of hydrogen-bond donors (Lipinski definition) is 1. The Hall–Kier alpha value is -1.26. The highest BCUT2D eigenvalue weighted by molar-refractivity contribution is 5.50. The Morgan fingerprint density at radius 3 is 2.55 bits per heavy atom. The maximum absolute atomic E-state index is 5.56. The second-order valence-corrected chi connectivity index (χ2v) is 6.00. The summed E-state index contributed by atoms with van der Waals surface area (Å²) in [6.45, 7) is 4.80. The van der Waals surface area contributed by atoms with Crippen molar-refractivity contribution in [2.45, 2.75) is 38.3 Å². The van der Waals surface area contributed by atoms with Gasteiger partial charge in [-0.25, -0.2) is 0 Å². The van der Waals surface area contributed by atoms with Gasteiger partial charge in [-0.2, -0.15) is 0 Å². The van der Waals surface area contributed by atoms with Crippen LogP contribution in [-0.2, 0) is 6.54 Å². The molecule has 0 bridgehead atoms. The summed E-state index contributed by atoms with van der Waals surface area (Å²) in [5, 5.41) is 3.56. The lowest BCUT2D eigenvalue weighted by Crippen LogP contribution is -2.40. The molecule has 1 saturated heterocycles. The minimum atomic E-state index is 0.361. The first-order chi connectivity index (χ1) is 9.92. The Labute approximate surface area is 120 Å². The van der Waals surface area contributed by atoms with Crippen LogP contribution in [0, 0.1) is 0 Å². The third kappa shape index (κ3) is 2.17. The second kappa shape index (κ2) is 5.26. The average Bonchev–Trinajstić information content (AvgIpc) is 2.76. The minimum absolute atomic E-state index is 0.361. The monoisotopic (exact) mass is 274 g/mol. The smallest absolute Gasteiger partial charge is 0.231 e. The first kappa shape index (κ1) is 12.5. The predicted octanol–water partition coefficient (Wildman–Crippen LogP) is 2.44. The van der Waals surface area contributed by atoms with Crippen LogP contribution in [-0.4, -0.2) is 31.3 Å². The molecule has 20 heavy (non-hydrogen) atoms. The molecule has 1 atom stereocenters. The molecule has 3 aliphatic rings. The van der Waals surface area contributed by atoms with Crippen molar-refractivity contribution in [1.82, 2.24) is 10.2 Å². The summed E-state index contributed by atoms with van der Waals surface area (Å²) in [5.41, 5.74) is 2.81. The largest absolute Gasteiger partial charge is 0.454 e. The van der Waals surface area contributed by atoms with Crippen LogP contribution in [0.1, 0.15) is 42.9 Å². The Balaban J connectivity index is 1.66. The number of likely N-dealkylation sites (tertiary alicyclic amines) is 1. The summed E-state index contributed by atoms with van der Waals surface area (Å²) < 4.78 is 11.1. The molecule has 1 aromatic carbocycles. The van der Waals surface area contributed by atoms with Crippen LogP contribution in [0.4, 0.5) is 0 Å². The summed E-state index contributed by atoms with van der Waals surface area (Å²) in [7, 11) is 0. The van der Waals surface area contributed by atoms with Gasteiger partial charge >= 0.3 is 0 Å². The van der Waals surface area contributed by atoms with Crippen molar-refractivity contribution in [1.29, 1.82) is 0 Å². The van der Waals surface area contributed by atoms with Crippen molar-refractivity contribution < 1.29 is 9.47 Å². The average molecular weight is 274 g/mol. The van der Waals surface area contributed by atoms with Crippen molar-refractivity contribution >= 4 is 0 Å². The minimum Gasteiger partial charge on any atom is -0.454 e. The molecule has 3 aliphatic heterocycles. The molecular formula is C16H22N2O2. The van der Waals surface area contributed by atoms with Gasteiger partial charge in [-0.1, -0.05) is 12.8 Å². The summed E-state index contributed by atoms with van der Waals surface area (Å²) in [6.07, 6.45) is 5.42. The summed E-state index contributed by atoms with van der Waals surface area (Å²) in [4.78, 5) is 2.65. The summed E-state index contributed by atoms with van der Waals surface area (Å²) in [5.74, 6) is 1.83. The van der Waals surface area contributed by atoms with Gasteiger partial charge in [0.2, 0.25) is 6.79 Å². The predicted molar refractivity (Wildman–Crippen MR) is 77.1 cm³/mol. The molecule has 4 heteroatoms. The highest BCUT2D eigenvalue weighted by Gasteiger charge is 2.29. The summed E-state index contributed by atoms with van der Waals surface area (Å²) >= 11 is 0. The highest BCUT2D eigenvalue weighted by Crippen LogP contribution is 2.39. The Bertz CT molecular complexity index is 495. The van der Waals surface area contributed by atoms with E-state index < -0.39 is 0 Å². The van der Waals surface area contributed by atoms with Crippen LogP contribution in [0.3, 0.4) is 0 Å². The van der Waals surface area contributed by atoms with E-state index in [0.29, 0.717) is 12.8 Å². The SMILES string of the molecule is c1c2c(cc3c1OCO3)[C@H](N1CCCCCC1)CNC2. The van der Waals surface area contributed by atoms with Gasteiger partial charge < -0.3 is 14.8 Å². The van der Waals surface area contributed by atoms with Gasteiger partial charge in [-0.05, 0) is 49.2 Å². The van der Waals surface area contributed by atoms with Crippen LogP contribution < -0.4 is 14.8 Å². The zero-order chi connectivity index (χ0) is 13.4. The molecule has 4 nitrogen and oxygen atoms in total. The van der Waals surface area contributed by atoms with Gasteiger partial charge in [0.15, 0.2) is 11.5 Å². The Morgan fingerprint density at radius 2 is 1.75 bits per heavy atom. The van der Waals surface area contributed by atoms with Crippen LogP contribution in [0.2, 0.25) is 0 Å². The number of nitrogens with zero attached hydrogens (tertiary/aromatic N) is 1. The zero-order valence-electron chi connectivity index (χ0n) is 11.9. The third-order valence-electron chi connectivity index (χ3n) is 4.73. The first-order valence-electron chi connectivity index (χ1n) is 7.79. The van der Waals surface area contributed by atoms with Crippen molar-refractivity contribution in [3.8, 4) is 11.5 Å². The molecule has 108 valence electrons. The molecule has 0 saturated carbocycles. The second-order valence-electron chi connectivity index (χ2n) is 6.00. The lowest BCUT2D eigenvalue weighted by atomic mass is 9.94. The van der Waals surface area contributed by atoms with E-state index in [2.05, 4.69) is 22.3 Å². The van der Waals surface area contributed by atoms with Crippen molar-refractivity contribution in [3.05, 3.63) is 23.3 Å². The molecule has 1 N–H and O–H groups in total. The molecule has 0 unspecified atom stereocenters. The maximum Gasteiger partial charge on any atom is 0.231 e. The molecule has 1 aromatic rings. The standard InChI is InChI=1S/C16H22N2O2/c1-2-4-6-18(5-3-1)14-10-17-9-12-7-15-16(8-13(12)14)20-11-19-15/h7-8,14,17H,1-6,9-11H2/t14-/m1/s1. The van der Waals surface area contributed by atoms with E-state index in [4.69, 9.17) is 9.47 Å². The van der Waals surface area contributed by atoms with E-state index in [1.165, 1.54) is 49.9 Å². The van der Waals surface area contributed by atoms with E-state index >= 15 is 0 Å². The summed E-state index contributed by atoms with van der Waals surface area (Å²) in [6, 6.07) is 4.87. The molecule has 3 heterocycles. The zero-order valence-corrected chi connectivity index (χ0v) is 11.9. The van der Waals surface area contributed by atoms with Crippen LogP contribution in [0.25, 0.3) is 0 Å². The van der Waals surface area contributed by atoms with E-state index in [9.17, 15) is 0 Å². The molecule has 0 amide bonds. The van der Waals surface area contributed by atoms with Gasteiger partial charge in [0.25, 0.3) is 0 Å². The number of rotatable bonds is 1. The third-order valence-corrected chi connectivity index (χ3v) is 4.73. The Kier molecular flexibility index (Phi) is 3.28. The van der Waals surface area contributed by atoms with Gasteiger partial charge in [0.05, 0.1) is 0 Å². The fraction of sp³-hybridized carbons (Fsp3) is 0.625. The number of fused-ring (bicyclic) bond motifs is 2. The lowest BCUT2D eigenvalue weighted by Gasteiger charge is -2.35. The molecule has 0 aromatic heterocycles. The highest BCUT2D eigenvalue weighted by atomic mass is 16.7. The first-order valence-corrected chi connectivity index (χ1v) is 7.79. The fourth-order valence-electron chi connectivity index (χ4n) is 3.65. The van der Waals surface area contributed by atoms with E-state index in [1.54, 1.807) is 0 Å². The maximum atomic E-state index is 5.56. The number of benzene rings is 1. The van der Waals surface area contributed by atoms with Gasteiger partial charge in [0.1, 0.15) is 0 Å². The molecule has 0 radical (unpaired) electrons. The van der Waals surface area contributed by atoms with Gasteiger partial charge in [-0.3, -0.25) is 4.90 Å². The van der Waals surface area contributed by atoms with Gasteiger partial charge in [0, 0.05) is 19.1 Å². The van der Waals surface area contributed by atoms with E-state index in [1.807, 2.05) is 0 Å². The number of nitrogens with one attached hydrogen (secondary N) is 1. The van der Waals surface area contributed by atoms with Crippen LogP contribution in [0.5, 0.6) is 11.5 Å². The fourth-order valence-corrected chi connectivity index (χ4v) is 3.65.